The highest BCUT2D eigenvalue weighted by Crippen LogP contribution is 2.30. The van der Waals surface area contributed by atoms with Gasteiger partial charge in [0.2, 0.25) is 0 Å². The number of nitrogens with one attached hydrogen (secondary N) is 1. The van der Waals surface area contributed by atoms with Crippen molar-refractivity contribution < 1.29 is 8.78 Å². The summed E-state index contributed by atoms with van der Waals surface area (Å²) in [6.07, 6.45) is 3.35. The van der Waals surface area contributed by atoms with E-state index in [1.807, 2.05) is 6.07 Å². The highest BCUT2D eigenvalue weighted by molar-refractivity contribution is 5.93. The van der Waals surface area contributed by atoms with Crippen LogP contribution in [-0.2, 0) is 0 Å². The molecule has 0 bridgehead atoms. The highest BCUT2D eigenvalue weighted by atomic mass is 19.1. The molecule has 0 aliphatic heterocycles. The van der Waals surface area contributed by atoms with Crippen molar-refractivity contribution >= 4 is 16.7 Å². The Labute approximate surface area is 148 Å². The van der Waals surface area contributed by atoms with E-state index in [9.17, 15) is 8.78 Å². The predicted octanol–water partition coefficient (Wildman–Crippen LogP) is 4.68. The number of pyridine rings is 1. The molecule has 1 N–H and O–H groups in total. The Morgan fingerprint density at radius 3 is 2.58 bits per heavy atom. The van der Waals surface area contributed by atoms with Gasteiger partial charge >= 0.3 is 0 Å². The maximum Gasteiger partial charge on any atom is 0.163 e. The number of anilines is 1. The van der Waals surface area contributed by atoms with Gasteiger partial charge in [0.05, 0.1) is 5.52 Å². The number of hydrogen-bond donors (Lipinski definition) is 1. The fraction of sp³-hybridized carbons (Fsp3) is 0.0500. The summed E-state index contributed by atoms with van der Waals surface area (Å²) in [6.45, 7) is 0. The van der Waals surface area contributed by atoms with Gasteiger partial charge in [-0.05, 0) is 48.0 Å². The average molecular weight is 348 g/mol. The van der Waals surface area contributed by atoms with Crippen LogP contribution in [0.15, 0.2) is 60.9 Å². The van der Waals surface area contributed by atoms with Gasteiger partial charge in [0, 0.05) is 36.0 Å². The molecule has 0 saturated carbocycles. The largest absolute Gasteiger partial charge is 0.373 e. The van der Waals surface area contributed by atoms with Crippen molar-refractivity contribution in [3.8, 4) is 22.5 Å². The standard InChI is InChI=1S/C20H14F2N4/c1-23-20-15-6-4-12(16-10-14(21)5-7-17(16)22)9-18(15)25-19(26-20)13-3-2-8-24-11-13/h2-11H,1H3,(H,23,25,26). The molecule has 0 fully saturated rings. The molecule has 2 heterocycles. The Hall–Kier alpha value is -3.41. The molecule has 128 valence electrons. The van der Waals surface area contributed by atoms with Gasteiger partial charge in [0.1, 0.15) is 17.5 Å². The lowest BCUT2D eigenvalue weighted by Gasteiger charge is -2.10. The Morgan fingerprint density at radius 2 is 1.81 bits per heavy atom. The summed E-state index contributed by atoms with van der Waals surface area (Å²) in [4.78, 5) is 13.2. The van der Waals surface area contributed by atoms with Crippen LogP contribution in [0.5, 0.6) is 0 Å². The van der Waals surface area contributed by atoms with Crippen molar-refractivity contribution in [1.82, 2.24) is 15.0 Å². The molecule has 2 aromatic carbocycles. The van der Waals surface area contributed by atoms with E-state index in [1.54, 1.807) is 43.7 Å². The molecule has 0 aliphatic carbocycles. The fourth-order valence-corrected chi connectivity index (χ4v) is 2.83. The van der Waals surface area contributed by atoms with Crippen LogP contribution in [0.3, 0.4) is 0 Å². The zero-order chi connectivity index (χ0) is 18.1. The number of benzene rings is 2. The number of halogens is 2. The normalized spacial score (nSPS) is 10.9. The predicted molar refractivity (Wildman–Crippen MR) is 97.7 cm³/mol. The molecule has 4 aromatic rings. The van der Waals surface area contributed by atoms with Crippen LogP contribution in [0.2, 0.25) is 0 Å². The van der Waals surface area contributed by atoms with E-state index < -0.39 is 11.6 Å². The van der Waals surface area contributed by atoms with Crippen LogP contribution in [-0.4, -0.2) is 22.0 Å². The zero-order valence-electron chi connectivity index (χ0n) is 13.9. The van der Waals surface area contributed by atoms with Crippen LogP contribution in [0, 0.1) is 11.6 Å². The second kappa shape index (κ2) is 6.48. The number of aromatic nitrogens is 3. The molecule has 2 aromatic heterocycles. The first-order valence-electron chi connectivity index (χ1n) is 8.01. The van der Waals surface area contributed by atoms with E-state index in [-0.39, 0.29) is 5.56 Å². The Bertz CT molecular complexity index is 1100. The fourth-order valence-electron chi connectivity index (χ4n) is 2.83. The molecule has 4 nitrogen and oxygen atoms in total. The topological polar surface area (TPSA) is 50.7 Å². The Balaban J connectivity index is 1.93. The summed E-state index contributed by atoms with van der Waals surface area (Å²) < 4.78 is 27.7. The van der Waals surface area contributed by atoms with E-state index in [1.165, 1.54) is 6.07 Å². The first kappa shape index (κ1) is 16.1. The molecule has 0 radical (unpaired) electrons. The number of fused-ring (bicyclic) bond motifs is 1. The molecule has 0 unspecified atom stereocenters. The van der Waals surface area contributed by atoms with E-state index in [0.717, 1.165) is 23.1 Å². The van der Waals surface area contributed by atoms with Crippen LogP contribution in [0.25, 0.3) is 33.4 Å². The minimum atomic E-state index is -0.490. The summed E-state index contributed by atoms with van der Waals surface area (Å²) >= 11 is 0. The third-order valence-electron chi connectivity index (χ3n) is 4.09. The maximum atomic E-state index is 14.1. The minimum absolute atomic E-state index is 0.194. The van der Waals surface area contributed by atoms with E-state index in [2.05, 4.69) is 20.3 Å². The summed E-state index contributed by atoms with van der Waals surface area (Å²) in [6, 6.07) is 12.3. The second-order valence-electron chi connectivity index (χ2n) is 5.74. The van der Waals surface area contributed by atoms with Gasteiger partial charge < -0.3 is 5.32 Å². The molecular formula is C20H14F2N4. The van der Waals surface area contributed by atoms with Gasteiger partial charge in [-0.1, -0.05) is 6.07 Å². The molecule has 0 amide bonds. The molecule has 6 heteroatoms. The molecule has 4 rings (SSSR count). The zero-order valence-corrected chi connectivity index (χ0v) is 13.9. The minimum Gasteiger partial charge on any atom is -0.373 e. The van der Waals surface area contributed by atoms with E-state index in [0.29, 0.717) is 22.7 Å². The lowest BCUT2D eigenvalue weighted by atomic mass is 10.0. The molecule has 0 aliphatic rings. The summed E-state index contributed by atoms with van der Waals surface area (Å²) in [5, 5.41) is 3.85. The number of rotatable bonds is 3. The first-order valence-corrected chi connectivity index (χ1v) is 8.01. The molecular weight excluding hydrogens is 334 g/mol. The SMILES string of the molecule is CNc1nc(-c2cccnc2)nc2cc(-c3cc(F)ccc3F)ccc12. The third kappa shape index (κ3) is 2.86. The lowest BCUT2D eigenvalue weighted by molar-refractivity contribution is 0.603. The van der Waals surface area contributed by atoms with Crippen molar-refractivity contribution in [2.24, 2.45) is 0 Å². The monoisotopic (exact) mass is 348 g/mol. The van der Waals surface area contributed by atoms with E-state index in [4.69, 9.17) is 0 Å². The third-order valence-corrected chi connectivity index (χ3v) is 4.09. The van der Waals surface area contributed by atoms with Gasteiger partial charge in [-0.15, -0.1) is 0 Å². The summed E-state index contributed by atoms with van der Waals surface area (Å²) in [7, 11) is 1.77. The summed E-state index contributed by atoms with van der Waals surface area (Å²) in [5.41, 5.74) is 2.14. The van der Waals surface area contributed by atoms with Gasteiger partial charge in [0.25, 0.3) is 0 Å². The molecule has 0 atom stereocenters. The van der Waals surface area contributed by atoms with Crippen molar-refractivity contribution in [3.63, 3.8) is 0 Å². The van der Waals surface area contributed by atoms with Crippen LogP contribution < -0.4 is 5.32 Å². The van der Waals surface area contributed by atoms with Crippen LogP contribution >= 0.6 is 0 Å². The van der Waals surface area contributed by atoms with Crippen LogP contribution in [0.1, 0.15) is 0 Å². The van der Waals surface area contributed by atoms with Crippen molar-refractivity contribution in [3.05, 3.63) is 72.6 Å². The van der Waals surface area contributed by atoms with Gasteiger partial charge in [0.15, 0.2) is 5.82 Å². The van der Waals surface area contributed by atoms with Crippen LogP contribution in [0.4, 0.5) is 14.6 Å². The van der Waals surface area contributed by atoms with Gasteiger partial charge in [-0.25, -0.2) is 18.7 Å². The lowest BCUT2D eigenvalue weighted by Crippen LogP contribution is -1.99. The average Bonchev–Trinajstić information content (AvgIpc) is 2.69. The van der Waals surface area contributed by atoms with E-state index >= 15 is 0 Å². The highest BCUT2D eigenvalue weighted by Gasteiger charge is 2.12. The Kier molecular flexibility index (Phi) is 4.01. The molecule has 0 saturated heterocycles. The molecule has 26 heavy (non-hydrogen) atoms. The van der Waals surface area contributed by atoms with Crippen molar-refractivity contribution in [2.45, 2.75) is 0 Å². The van der Waals surface area contributed by atoms with Gasteiger partial charge in [-0.3, -0.25) is 4.98 Å². The number of hydrogen-bond acceptors (Lipinski definition) is 4. The smallest absolute Gasteiger partial charge is 0.163 e. The summed E-state index contributed by atoms with van der Waals surface area (Å²) in [5.74, 6) is 0.184. The molecule has 0 spiro atoms. The second-order valence-corrected chi connectivity index (χ2v) is 5.74. The van der Waals surface area contributed by atoms with Gasteiger partial charge in [-0.2, -0.15) is 0 Å². The van der Waals surface area contributed by atoms with Crippen molar-refractivity contribution in [2.75, 3.05) is 12.4 Å². The Morgan fingerprint density at radius 1 is 0.923 bits per heavy atom. The first-order chi connectivity index (χ1) is 12.7. The maximum absolute atomic E-state index is 14.1. The van der Waals surface area contributed by atoms with Crippen molar-refractivity contribution in [1.29, 1.82) is 0 Å². The number of nitrogens with zero attached hydrogens (tertiary/aromatic N) is 3. The quantitative estimate of drug-likeness (QED) is 0.584.